The number of anilines is 1. The monoisotopic (exact) mass is 233 g/mol. The van der Waals surface area contributed by atoms with E-state index in [-0.39, 0.29) is 0 Å². The molecular weight excluding hydrogens is 214 g/mol. The van der Waals surface area contributed by atoms with Crippen LogP contribution < -0.4 is 10.2 Å². The topological polar surface area (TPSA) is 37.4 Å². The van der Waals surface area contributed by atoms with Crippen molar-refractivity contribution in [1.82, 2.24) is 10.3 Å². The van der Waals surface area contributed by atoms with Crippen molar-refractivity contribution in [3.05, 3.63) is 23.4 Å². The van der Waals surface area contributed by atoms with E-state index >= 15 is 0 Å². The Hall–Kier alpha value is -1.13. The molecule has 0 radical (unpaired) electrons. The van der Waals surface area contributed by atoms with Crippen LogP contribution in [0.15, 0.2) is 12.1 Å². The summed E-state index contributed by atoms with van der Waals surface area (Å²) in [6.45, 7) is 4.77. The predicted molar refractivity (Wildman–Crippen MR) is 67.0 cm³/mol. The second-order valence-corrected chi connectivity index (χ2v) is 5.01. The molecule has 1 fully saturated rings. The fraction of sp³-hybridized carbons (Fsp3) is 0.615. The second-order valence-electron chi connectivity index (χ2n) is 5.01. The zero-order valence-corrected chi connectivity index (χ0v) is 10.3. The Bertz CT molecular complexity index is 402. The summed E-state index contributed by atoms with van der Waals surface area (Å²) in [4.78, 5) is 6.94. The van der Waals surface area contributed by atoms with Crippen LogP contribution in [0.1, 0.15) is 17.7 Å². The minimum Gasteiger partial charge on any atom is -0.370 e. The summed E-state index contributed by atoms with van der Waals surface area (Å²) in [6.07, 6.45) is 1.28. The van der Waals surface area contributed by atoms with Crippen molar-refractivity contribution >= 4 is 5.82 Å². The Balaban J connectivity index is 1.70. The molecule has 17 heavy (non-hydrogen) atoms. The number of rotatable bonds is 3. The molecule has 1 N–H and O–H groups in total. The van der Waals surface area contributed by atoms with Crippen LogP contribution in [0.3, 0.4) is 0 Å². The lowest BCUT2D eigenvalue weighted by molar-refractivity contribution is 0.133. The first-order valence-corrected chi connectivity index (χ1v) is 6.31. The van der Waals surface area contributed by atoms with Crippen molar-refractivity contribution in [3.8, 4) is 0 Å². The highest BCUT2D eigenvalue weighted by molar-refractivity contribution is 5.41. The van der Waals surface area contributed by atoms with Gasteiger partial charge in [-0.25, -0.2) is 4.98 Å². The molecule has 0 saturated carbocycles. The zero-order chi connectivity index (χ0) is 11.7. The third-order valence-corrected chi connectivity index (χ3v) is 3.64. The van der Waals surface area contributed by atoms with Crippen molar-refractivity contribution in [2.45, 2.75) is 19.6 Å². The Labute approximate surface area is 102 Å². The van der Waals surface area contributed by atoms with Gasteiger partial charge >= 0.3 is 0 Å². The van der Waals surface area contributed by atoms with E-state index < -0.39 is 0 Å². The number of nitrogens with zero attached hydrogens (tertiary/aromatic N) is 2. The van der Waals surface area contributed by atoms with Crippen LogP contribution in [0.25, 0.3) is 0 Å². The molecule has 0 spiro atoms. The van der Waals surface area contributed by atoms with Gasteiger partial charge in [0.2, 0.25) is 0 Å². The molecule has 3 rings (SSSR count). The molecule has 0 bridgehead atoms. The summed E-state index contributed by atoms with van der Waals surface area (Å²) in [5.74, 6) is 1.83. The van der Waals surface area contributed by atoms with Crippen LogP contribution in [-0.4, -0.2) is 31.7 Å². The molecule has 0 amide bonds. The average Bonchev–Trinajstić information content (AvgIpc) is 2.97. The molecule has 1 atom stereocenters. The molecule has 0 aromatic carbocycles. The average molecular weight is 233 g/mol. The molecule has 1 aromatic heterocycles. The number of nitrogens with one attached hydrogen (secondary N) is 1. The van der Waals surface area contributed by atoms with Crippen LogP contribution in [0.2, 0.25) is 0 Å². The van der Waals surface area contributed by atoms with Gasteiger partial charge in [0.1, 0.15) is 5.82 Å². The van der Waals surface area contributed by atoms with Crippen LogP contribution in [0, 0.1) is 5.92 Å². The maximum Gasteiger partial charge on any atom is 0.128 e. The molecule has 4 nitrogen and oxygen atoms in total. The maximum atomic E-state index is 5.39. The maximum absolute atomic E-state index is 5.39. The van der Waals surface area contributed by atoms with Gasteiger partial charge < -0.3 is 15.0 Å². The number of aromatic nitrogens is 1. The summed E-state index contributed by atoms with van der Waals surface area (Å²) in [7, 11) is 2.13. The highest BCUT2D eigenvalue weighted by Crippen LogP contribution is 2.22. The summed E-state index contributed by atoms with van der Waals surface area (Å²) in [6, 6.07) is 4.25. The lowest BCUT2D eigenvalue weighted by Crippen LogP contribution is -2.27. The first-order valence-electron chi connectivity index (χ1n) is 6.31. The van der Waals surface area contributed by atoms with E-state index in [9.17, 15) is 0 Å². The molecule has 2 aliphatic heterocycles. The van der Waals surface area contributed by atoms with Crippen LogP contribution >= 0.6 is 0 Å². The van der Waals surface area contributed by atoms with Crippen molar-refractivity contribution in [3.63, 3.8) is 0 Å². The molecule has 4 heteroatoms. The van der Waals surface area contributed by atoms with E-state index in [0.29, 0.717) is 6.61 Å². The van der Waals surface area contributed by atoms with E-state index in [1.165, 1.54) is 12.0 Å². The van der Waals surface area contributed by atoms with Crippen molar-refractivity contribution in [2.24, 2.45) is 5.92 Å². The standard InChI is InChI=1S/C13H19N3O/c1-16(7-10-4-5-14-6-10)13-3-2-11-8-17-9-12(11)15-13/h2-3,10,14H,4-9H2,1H3. The lowest BCUT2D eigenvalue weighted by atomic mass is 10.1. The van der Waals surface area contributed by atoms with E-state index in [0.717, 1.165) is 43.7 Å². The van der Waals surface area contributed by atoms with Crippen molar-refractivity contribution < 1.29 is 4.74 Å². The third kappa shape index (κ3) is 2.28. The third-order valence-electron chi connectivity index (χ3n) is 3.64. The summed E-state index contributed by atoms with van der Waals surface area (Å²) >= 11 is 0. The van der Waals surface area contributed by atoms with E-state index in [1.54, 1.807) is 0 Å². The number of fused-ring (bicyclic) bond motifs is 1. The Kier molecular flexibility index (Phi) is 2.99. The Morgan fingerprint density at radius 1 is 1.47 bits per heavy atom. The lowest BCUT2D eigenvalue weighted by Gasteiger charge is -2.22. The van der Waals surface area contributed by atoms with Crippen molar-refractivity contribution in [1.29, 1.82) is 0 Å². The van der Waals surface area contributed by atoms with Crippen LogP contribution in [0.4, 0.5) is 5.82 Å². The zero-order valence-electron chi connectivity index (χ0n) is 10.3. The predicted octanol–water partition coefficient (Wildman–Crippen LogP) is 1.16. The summed E-state index contributed by atoms with van der Waals surface area (Å²) < 4.78 is 5.39. The normalized spacial score (nSPS) is 22.8. The molecule has 1 saturated heterocycles. The molecule has 1 aromatic rings. The smallest absolute Gasteiger partial charge is 0.128 e. The molecule has 0 aliphatic carbocycles. The Morgan fingerprint density at radius 2 is 2.41 bits per heavy atom. The van der Waals surface area contributed by atoms with Gasteiger partial charge in [0, 0.05) is 19.2 Å². The molecule has 3 heterocycles. The van der Waals surface area contributed by atoms with Crippen LogP contribution in [0.5, 0.6) is 0 Å². The first kappa shape index (κ1) is 11.0. The summed E-state index contributed by atoms with van der Waals surface area (Å²) in [5, 5.41) is 3.40. The highest BCUT2D eigenvalue weighted by atomic mass is 16.5. The van der Waals surface area contributed by atoms with Gasteiger partial charge in [0.05, 0.1) is 18.9 Å². The van der Waals surface area contributed by atoms with Gasteiger partial charge in [0.25, 0.3) is 0 Å². The quantitative estimate of drug-likeness (QED) is 0.850. The van der Waals surface area contributed by atoms with E-state index in [2.05, 4.69) is 34.4 Å². The molecule has 92 valence electrons. The SMILES string of the molecule is CN(CC1CCNC1)c1ccc2c(n1)COC2. The fourth-order valence-corrected chi connectivity index (χ4v) is 2.60. The number of hydrogen-bond acceptors (Lipinski definition) is 4. The molecular formula is C13H19N3O. The minimum atomic E-state index is 0.669. The van der Waals surface area contributed by atoms with Gasteiger partial charge in [-0.05, 0) is 31.5 Å². The van der Waals surface area contributed by atoms with Crippen molar-refractivity contribution in [2.75, 3.05) is 31.6 Å². The molecule has 1 unspecified atom stereocenters. The van der Waals surface area contributed by atoms with E-state index in [4.69, 9.17) is 4.74 Å². The number of pyridine rings is 1. The summed E-state index contributed by atoms with van der Waals surface area (Å²) in [5.41, 5.74) is 2.35. The van der Waals surface area contributed by atoms with Gasteiger partial charge in [-0.15, -0.1) is 0 Å². The number of hydrogen-bond donors (Lipinski definition) is 1. The van der Waals surface area contributed by atoms with Gasteiger partial charge in [-0.2, -0.15) is 0 Å². The minimum absolute atomic E-state index is 0.669. The van der Waals surface area contributed by atoms with Gasteiger partial charge in [-0.1, -0.05) is 6.07 Å². The van der Waals surface area contributed by atoms with E-state index in [1.807, 2.05) is 0 Å². The van der Waals surface area contributed by atoms with Crippen LogP contribution in [-0.2, 0) is 18.0 Å². The van der Waals surface area contributed by atoms with Gasteiger partial charge in [-0.3, -0.25) is 0 Å². The largest absolute Gasteiger partial charge is 0.370 e. The number of ether oxygens (including phenoxy) is 1. The first-order chi connectivity index (χ1) is 8.33. The molecule has 2 aliphatic rings. The van der Waals surface area contributed by atoms with Gasteiger partial charge in [0.15, 0.2) is 0 Å². The Morgan fingerprint density at radius 3 is 3.24 bits per heavy atom. The highest BCUT2D eigenvalue weighted by Gasteiger charge is 2.18. The fourth-order valence-electron chi connectivity index (χ4n) is 2.60. The second kappa shape index (κ2) is 4.63.